The molecule has 4 nitrogen and oxygen atoms in total. The maximum absolute atomic E-state index is 5.42. The van der Waals surface area contributed by atoms with E-state index in [2.05, 4.69) is 43.3 Å². The van der Waals surface area contributed by atoms with Gasteiger partial charge in [-0.25, -0.2) is 10.8 Å². The van der Waals surface area contributed by atoms with Crippen LogP contribution >= 0.6 is 24.0 Å². The lowest BCUT2D eigenvalue weighted by Crippen LogP contribution is -2.40. The van der Waals surface area contributed by atoms with Crippen LogP contribution in [0.25, 0.3) is 0 Å². The molecule has 0 unspecified atom stereocenters. The van der Waals surface area contributed by atoms with Gasteiger partial charge in [0.15, 0.2) is 0 Å². The number of nitrogens with two attached hydrogens (primary N) is 1. The summed E-state index contributed by atoms with van der Waals surface area (Å²) in [6, 6.07) is 4.21. The number of rotatable bonds is 1. The number of hydrazine groups is 1. The average molecular weight is 348 g/mol. The molecule has 0 saturated carbocycles. The number of nitrogens with zero attached hydrogens (tertiary/aromatic N) is 2. The Labute approximate surface area is 120 Å². The molecule has 0 fully saturated rings. The van der Waals surface area contributed by atoms with Crippen LogP contribution in [0.1, 0.15) is 16.7 Å². The normalized spacial score (nSPS) is 10.8. The summed E-state index contributed by atoms with van der Waals surface area (Å²) in [5.74, 6) is 6.06. The fraction of sp³-hybridized carbons (Fsp3) is 0.417. The maximum atomic E-state index is 5.42. The second kappa shape index (κ2) is 6.80. The molecule has 5 heteroatoms. The minimum atomic E-state index is 0. The highest BCUT2D eigenvalue weighted by atomic mass is 127. The molecule has 1 aromatic carbocycles. The summed E-state index contributed by atoms with van der Waals surface area (Å²) in [6.45, 7) is 6.23. The second-order valence-corrected chi connectivity index (χ2v) is 4.20. The molecular weight excluding hydrogens is 327 g/mol. The number of benzene rings is 1. The van der Waals surface area contributed by atoms with Gasteiger partial charge in [0.25, 0.3) is 0 Å². The maximum Gasteiger partial charge on any atom is 0.213 e. The van der Waals surface area contributed by atoms with Gasteiger partial charge in [0.05, 0.1) is 5.69 Å². The third-order valence-corrected chi connectivity index (χ3v) is 2.59. The molecule has 1 rings (SSSR count). The van der Waals surface area contributed by atoms with E-state index in [4.69, 9.17) is 5.84 Å². The van der Waals surface area contributed by atoms with E-state index < -0.39 is 0 Å². The van der Waals surface area contributed by atoms with Crippen molar-refractivity contribution in [3.63, 3.8) is 0 Å². The number of hydrogen-bond acceptors (Lipinski definition) is 2. The monoisotopic (exact) mass is 348 g/mol. The van der Waals surface area contributed by atoms with Gasteiger partial charge < -0.3 is 4.90 Å². The van der Waals surface area contributed by atoms with Crippen molar-refractivity contribution < 1.29 is 0 Å². The van der Waals surface area contributed by atoms with Crippen molar-refractivity contribution in [3.05, 3.63) is 28.8 Å². The van der Waals surface area contributed by atoms with Gasteiger partial charge in [-0.1, -0.05) is 6.07 Å². The summed E-state index contributed by atoms with van der Waals surface area (Å²) in [4.78, 5) is 6.33. The van der Waals surface area contributed by atoms with Crippen LogP contribution in [0.5, 0.6) is 0 Å². The molecular formula is C12H21IN4. The van der Waals surface area contributed by atoms with Crippen molar-refractivity contribution in [2.75, 3.05) is 14.1 Å². The Morgan fingerprint density at radius 3 is 2.12 bits per heavy atom. The number of guanidine groups is 1. The zero-order chi connectivity index (χ0) is 12.3. The SMILES string of the molecule is Cc1cc(C)c(N=C(NN)N(C)C)cc1C.I. The Kier molecular flexibility index (Phi) is 6.48. The van der Waals surface area contributed by atoms with E-state index in [9.17, 15) is 0 Å². The molecule has 0 aliphatic rings. The molecule has 0 spiro atoms. The smallest absolute Gasteiger partial charge is 0.213 e. The van der Waals surface area contributed by atoms with Crippen molar-refractivity contribution in [1.29, 1.82) is 0 Å². The number of aliphatic imine (C=N–C) groups is 1. The van der Waals surface area contributed by atoms with E-state index >= 15 is 0 Å². The first-order valence-corrected chi connectivity index (χ1v) is 5.26. The average Bonchev–Trinajstić information content (AvgIpc) is 2.21. The van der Waals surface area contributed by atoms with Crippen molar-refractivity contribution in [2.45, 2.75) is 20.8 Å². The van der Waals surface area contributed by atoms with E-state index in [-0.39, 0.29) is 24.0 Å². The fourth-order valence-electron chi connectivity index (χ4n) is 1.44. The third kappa shape index (κ3) is 4.16. The zero-order valence-corrected chi connectivity index (χ0v) is 13.4. The highest BCUT2D eigenvalue weighted by Gasteiger charge is 2.04. The van der Waals surface area contributed by atoms with Crippen LogP contribution in [-0.2, 0) is 0 Å². The number of hydrogen-bond donors (Lipinski definition) is 2. The van der Waals surface area contributed by atoms with Gasteiger partial charge in [-0.05, 0) is 43.5 Å². The molecule has 0 saturated heterocycles. The van der Waals surface area contributed by atoms with E-state index in [1.54, 1.807) is 0 Å². The van der Waals surface area contributed by atoms with Crippen LogP contribution in [0.3, 0.4) is 0 Å². The van der Waals surface area contributed by atoms with Gasteiger partial charge in [0, 0.05) is 14.1 Å². The first-order chi connectivity index (χ1) is 7.45. The molecule has 0 atom stereocenters. The fourth-order valence-corrected chi connectivity index (χ4v) is 1.44. The number of halogens is 1. The Morgan fingerprint density at radius 1 is 1.12 bits per heavy atom. The van der Waals surface area contributed by atoms with Gasteiger partial charge in [-0.15, -0.1) is 24.0 Å². The molecule has 0 aliphatic carbocycles. The summed E-state index contributed by atoms with van der Waals surface area (Å²) in [5, 5.41) is 0. The van der Waals surface area contributed by atoms with Crippen molar-refractivity contribution in [1.82, 2.24) is 10.3 Å². The largest absolute Gasteiger partial charge is 0.348 e. The number of nitrogens with one attached hydrogen (secondary N) is 1. The number of aryl methyl sites for hydroxylation is 3. The van der Waals surface area contributed by atoms with Crippen molar-refractivity contribution in [2.24, 2.45) is 10.8 Å². The topological polar surface area (TPSA) is 53.6 Å². The van der Waals surface area contributed by atoms with E-state index in [0.29, 0.717) is 5.96 Å². The second-order valence-electron chi connectivity index (χ2n) is 4.20. The lowest BCUT2D eigenvalue weighted by atomic mass is 10.1. The van der Waals surface area contributed by atoms with Gasteiger partial charge in [-0.2, -0.15) is 0 Å². The van der Waals surface area contributed by atoms with Crippen LogP contribution in [-0.4, -0.2) is 25.0 Å². The summed E-state index contributed by atoms with van der Waals surface area (Å²) < 4.78 is 0. The Hall–Kier alpha value is -0.820. The van der Waals surface area contributed by atoms with Gasteiger partial charge in [-0.3, -0.25) is 5.43 Å². The quantitative estimate of drug-likeness (QED) is 0.269. The first kappa shape index (κ1) is 16.2. The van der Waals surface area contributed by atoms with Crippen molar-refractivity contribution in [3.8, 4) is 0 Å². The van der Waals surface area contributed by atoms with E-state index in [0.717, 1.165) is 11.3 Å². The van der Waals surface area contributed by atoms with Crippen LogP contribution in [0.15, 0.2) is 17.1 Å². The third-order valence-electron chi connectivity index (χ3n) is 2.59. The van der Waals surface area contributed by atoms with Crippen LogP contribution in [0.2, 0.25) is 0 Å². The Bertz CT molecular complexity index is 413. The highest BCUT2D eigenvalue weighted by Crippen LogP contribution is 2.22. The molecule has 0 aromatic heterocycles. The summed E-state index contributed by atoms with van der Waals surface area (Å²) in [7, 11) is 3.80. The molecule has 0 radical (unpaired) electrons. The predicted octanol–water partition coefficient (Wildman–Crippen LogP) is 2.24. The van der Waals surface area contributed by atoms with E-state index in [1.165, 1.54) is 11.1 Å². The van der Waals surface area contributed by atoms with Crippen LogP contribution < -0.4 is 11.3 Å². The van der Waals surface area contributed by atoms with Crippen LogP contribution in [0, 0.1) is 20.8 Å². The molecule has 3 N–H and O–H groups in total. The van der Waals surface area contributed by atoms with Crippen molar-refractivity contribution >= 4 is 35.6 Å². The summed E-state index contributed by atoms with van der Waals surface area (Å²) >= 11 is 0. The molecule has 1 aromatic rings. The lowest BCUT2D eigenvalue weighted by Gasteiger charge is -2.15. The molecule has 0 amide bonds. The first-order valence-electron chi connectivity index (χ1n) is 5.26. The predicted molar refractivity (Wildman–Crippen MR) is 84.2 cm³/mol. The Morgan fingerprint density at radius 2 is 1.65 bits per heavy atom. The van der Waals surface area contributed by atoms with E-state index in [1.807, 2.05) is 19.0 Å². The lowest BCUT2D eigenvalue weighted by molar-refractivity contribution is 0.590. The van der Waals surface area contributed by atoms with Gasteiger partial charge in [0.1, 0.15) is 0 Å². The molecule has 0 bridgehead atoms. The zero-order valence-electron chi connectivity index (χ0n) is 11.0. The molecule has 17 heavy (non-hydrogen) atoms. The van der Waals surface area contributed by atoms with Crippen LogP contribution in [0.4, 0.5) is 5.69 Å². The summed E-state index contributed by atoms with van der Waals surface area (Å²) in [5.41, 5.74) is 7.20. The van der Waals surface area contributed by atoms with Gasteiger partial charge in [0.2, 0.25) is 5.96 Å². The molecule has 0 heterocycles. The highest BCUT2D eigenvalue weighted by molar-refractivity contribution is 14.0. The standard InChI is InChI=1S/C12H20N4.HI/c1-8-6-10(3)11(7-9(8)2)14-12(15-13)16(4)5;/h6-7H,13H2,1-5H3,(H,14,15);1H. The molecule has 96 valence electrons. The Balaban J connectivity index is 0.00000256. The summed E-state index contributed by atoms with van der Waals surface area (Å²) in [6.07, 6.45) is 0. The minimum absolute atomic E-state index is 0. The molecule has 0 aliphatic heterocycles. The minimum Gasteiger partial charge on any atom is -0.348 e. The van der Waals surface area contributed by atoms with Gasteiger partial charge >= 0.3 is 0 Å².